The summed E-state index contributed by atoms with van der Waals surface area (Å²) in [6.07, 6.45) is 4.54. The smallest absolute Gasteiger partial charge is 0.168 e. The van der Waals surface area contributed by atoms with E-state index >= 15 is 0 Å². The zero-order valence-electron chi connectivity index (χ0n) is 15.9. The van der Waals surface area contributed by atoms with Crippen LogP contribution in [0, 0.1) is 0 Å². The largest absolute Gasteiger partial charge is 0.497 e. The second kappa shape index (κ2) is 8.44. The Morgan fingerprint density at radius 2 is 1.79 bits per heavy atom. The average molecular weight is 397 g/mol. The molecule has 1 heterocycles. The van der Waals surface area contributed by atoms with Crippen LogP contribution in [0.5, 0.6) is 5.75 Å². The van der Waals surface area contributed by atoms with Gasteiger partial charge in [0, 0.05) is 36.4 Å². The molecule has 0 aliphatic carbocycles. The van der Waals surface area contributed by atoms with E-state index in [1.165, 1.54) is 6.08 Å². The molecule has 1 unspecified atom stereocenters. The van der Waals surface area contributed by atoms with Crippen molar-refractivity contribution in [3.8, 4) is 5.75 Å². The van der Waals surface area contributed by atoms with Crippen molar-refractivity contribution < 1.29 is 17.9 Å². The van der Waals surface area contributed by atoms with Crippen molar-refractivity contribution in [2.24, 2.45) is 0 Å². The summed E-state index contributed by atoms with van der Waals surface area (Å²) in [6.45, 7) is 0.612. The second-order valence-corrected chi connectivity index (χ2v) is 8.72. The van der Waals surface area contributed by atoms with Gasteiger partial charge in [-0.05, 0) is 29.3 Å². The van der Waals surface area contributed by atoms with Crippen LogP contribution in [0.3, 0.4) is 0 Å². The normalized spacial score (nSPS) is 17.6. The molecule has 146 valence electrons. The number of allylic oxidation sites excluding steroid dienone is 2. The standard InChI is InChI=1S/C22H23NO4S/c1-27-20-10-8-18(9-11-20)21-14-22(24)19(12-13-28(2,25)26)16-23(21)15-17-6-4-3-5-7-17/h3-13,16,21H,14-15H2,1-2H3/b13-12+. The quantitative estimate of drug-likeness (QED) is 0.744. The predicted octanol–water partition coefficient (Wildman–Crippen LogP) is 3.65. The number of methoxy groups -OCH3 is 1. The van der Waals surface area contributed by atoms with Gasteiger partial charge in [-0.3, -0.25) is 4.79 Å². The molecular weight excluding hydrogens is 374 g/mol. The minimum absolute atomic E-state index is 0.0787. The van der Waals surface area contributed by atoms with Gasteiger partial charge in [-0.1, -0.05) is 42.5 Å². The number of ether oxygens (including phenoxy) is 1. The van der Waals surface area contributed by atoms with Gasteiger partial charge in [-0.2, -0.15) is 0 Å². The van der Waals surface area contributed by atoms with Crippen LogP contribution in [0.25, 0.3) is 0 Å². The molecule has 0 amide bonds. The predicted molar refractivity (Wildman–Crippen MR) is 109 cm³/mol. The molecule has 0 saturated heterocycles. The topological polar surface area (TPSA) is 63.7 Å². The Hall–Kier alpha value is -2.86. The molecule has 5 nitrogen and oxygen atoms in total. The van der Waals surface area contributed by atoms with Crippen LogP contribution in [-0.4, -0.2) is 32.5 Å². The van der Waals surface area contributed by atoms with E-state index in [4.69, 9.17) is 4.74 Å². The maximum atomic E-state index is 12.7. The number of sulfone groups is 1. The lowest BCUT2D eigenvalue weighted by molar-refractivity contribution is -0.117. The highest BCUT2D eigenvalue weighted by atomic mass is 32.2. The third-order valence-corrected chi connectivity index (χ3v) is 5.24. The first-order valence-corrected chi connectivity index (χ1v) is 10.9. The zero-order valence-corrected chi connectivity index (χ0v) is 16.7. The van der Waals surface area contributed by atoms with Gasteiger partial charge < -0.3 is 9.64 Å². The Morgan fingerprint density at radius 3 is 2.39 bits per heavy atom. The van der Waals surface area contributed by atoms with E-state index in [-0.39, 0.29) is 18.2 Å². The molecule has 1 aliphatic rings. The van der Waals surface area contributed by atoms with Crippen molar-refractivity contribution in [1.82, 2.24) is 4.90 Å². The fourth-order valence-corrected chi connectivity index (χ4v) is 3.56. The molecule has 0 saturated carbocycles. The van der Waals surface area contributed by atoms with E-state index in [0.29, 0.717) is 12.1 Å². The Balaban J connectivity index is 1.96. The fourth-order valence-electron chi connectivity index (χ4n) is 3.17. The lowest BCUT2D eigenvalue weighted by Crippen LogP contribution is -2.31. The molecule has 0 aromatic heterocycles. The molecule has 0 spiro atoms. The van der Waals surface area contributed by atoms with Gasteiger partial charge in [0.1, 0.15) is 5.75 Å². The van der Waals surface area contributed by atoms with Crippen molar-refractivity contribution >= 4 is 15.6 Å². The van der Waals surface area contributed by atoms with Gasteiger partial charge >= 0.3 is 0 Å². The third kappa shape index (κ3) is 5.10. The number of Topliss-reactive ketones (excluding diaryl/α,β-unsaturated/α-hetero) is 1. The lowest BCUT2D eigenvalue weighted by Gasteiger charge is -2.35. The summed E-state index contributed by atoms with van der Waals surface area (Å²) in [5.41, 5.74) is 2.51. The molecule has 1 aliphatic heterocycles. The van der Waals surface area contributed by atoms with E-state index < -0.39 is 9.84 Å². The van der Waals surface area contributed by atoms with E-state index in [2.05, 4.69) is 4.90 Å². The van der Waals surface area contributed by atoms with Gasteiger partial charge in [0.25, 0.3) is 0 Å². The first kappa shape index (κ1) is 19.9. The van der Waals surface area contributed by atoms with Gasteiger partial charge in [0.15, 0.2) is 15.6 Å². The van der Waals surface area contributed by atoms with Crippen LogP contribution in [0.4, 0.5) is 0 Å². The van der Waals surface area contributed by atoms with Gasteiger partial charge in [0.2, 0.25) is 0 Å². The molecular formula is C22H23NO4S. The van der Waals surface area contributed by atoms with Crippen molar-refractivity contribution in [1.29, 1.82) is 0 Å². The SMILES string of the molecule is COc1ccc(C2CC(=O)C(/C=C/S(C)(=O)=O)=CN2Cc2ccccc2)cc1. The van der Waals surface area contributed by atoms with Crippen LogP contribution in [-0.2, 0) is 21.2 Å². The summed E-state index contributed by atoms with van der Waals surface area (Å²) in [7, 11) is -1.69. The maximum absolute atomic E-state index is 12.7. The highest BCUT2D eigenvalue weighted by Gasteiger charge is 2.28. The lowest BCUT2D eigenvalue weighted by atomic mass is 9.93. The van der Waals surface area contributed by atoms with Gasteiger partial charge in [-0.15, -0.1) is 0 Å². The van der Waals surface area contributed by atoms with Gasteiger partial charge in [0.05, 0.1) is 13.2 Å². The number of hydrogen-bond donors (Lipinski definition) is 0. The van der Waals surface area contributed by atoms with E-state index in [1.807, 2.05) is 54.6 Å². The fraction of sp³-hybridized carbons (Fsp3) is 0.227. The highest BCUT2D eigenvalue weighted by Crippen LogP contribution is 2.33. The summed E-state index contributed by atoms with van der Waals surface area (Å²) >= 11 is 0. The number of ketones is 1. The summed E-state index contributed by atoms with van der Waals surface area (Å²) in [6, 6.07) is 17.5. The molecule has 0 radical (unpaired) electrons. The van der Waals surface area contributed by atoms with E-state index in [9.17, 15) is 13.2 Å². The molecule has 28 heavy (non-hydrogen) atoms. The first-order valence-electron chi connectivity index (χ1n) is 8.92. The van der Waals surface area contributed by atoms with Crippen molar-refractivity contribution in [3.05, 3.63) is 89.0 Å². The zero-order chi connectivity index (χ0) is 20.1. The summed E-state index contributed by atoms with van der Waals surface area (Å²) < 4.78 is 28.1. The monoisotopic (exact) mass is 397 g/mol. The van der Waals surface area contributed by atoms with Crippen LogP contribution in [0.2, 0.25) is 0 Å². The average Bonchev–Trinajstić information content (AvgIpc) is 2.68. The van der Waals surface area contributed by atoms with Crippen molar-refractivity contribution in [3.63, 3.8) is 0 Å². The van der Waals surface area contributed by atoms with Crippen molar-refractivity contribution in [2.75, 3.05) is 13.4 Å². The first-order chi connectivity index (χ1) is 13.4. The summed E-state index contributed by atoms with van der Waals surface area (Å²) in [5.74, 6) is 0.679. The molecule has 0 N–H and O–H groups in total. The molecule has 1 atom stereocenters. The minimum Gasteiger partial charge on any atom is -0.497 e. The van der Waals surface area contributed by atoms with E-state index in [1.54, 1.807) is 13.3 Å². The Labute approximate surface area is 165 Å². The number of rotatable bonds is 6. The number of carbonyl (C=O) groups excluding carboxylic acids is 1. The van der Waals surface area contributed by atoms with Crippen molar-refractivity contribution in [2.45, 2.75) is 19.0 Å². The van der Waals surface area contributed by atoms with Gasteiger partial charge in [-0.25, -0.2) is 8.42 Å². The summed E-state index contributed by atoms with van der Waals surface area (Å²) in [4.78, 5) is 14.7. The Bertz CT molecular complexity index is 993. The van der Waals surface area contributed by atoms with Crippen LogP contribution in [0.1, 0.15) is 23.6 Å². The maximum Gasteiger partial charge on any atom is 0.168 e. The molecule has 6 heteroatoms. The third-order valence-electron chi connectivity index (χ3n) is 4.61. The molecule has 0 fully saturated rings. The second-order valence-electron chi connectivity index (χ2n) is 6.79. The molecule has 3 rings (SSSR count). The number of nitrogens with zero attached hydrogens (tertiary/aromatic N) is 1. The van der Waals surface area contributed by atoms with E-state index in [0.717, 1.165) is 28.5 Å². The summed E-state index contributed by atoms with van der Waals surface area (Å²) in [5, 5.41) is 1.07. The molecule has 0 bridgehead atoms. The number of carbonyl (C=O) groups is 1. The van der Waals surface area contributed by atoms with Crippen LogP contribution < -0.4 is 4.74 Å². The number of benzene rings is 2. The highest BCUT2D eigenvalue weighted by molar-refractivity contribution is 7.93. The molecule has 2 aromatic rings. The Morgan fingerprint density at radius 1 is 1.11 bits per heavy atom. The van der Waals surface area contributed by atoms with Crippen LogP contribution in [0.15, 0.2) is 77.9 Å². The number of hydrogen-bond acceptors (Lipinski definition) is 5. The minimum atomic E-state index is -3.30. The Kier molecular flexibility index (Phi) is 5.99. The van der Waals surface area contributed by atoms with Crippen LogP contribution >= 0.6 is 0 Å². The molecule has 2 aromatic carbocycles.